The first-order valence-electron chi connectivity index (χ1n) is 9.75. The Morgan fingerprint density at radius 1 is 0.968 bits per heavy atom. The van der Waals surface area contributed by atoms with Gasteiger partial charge in [0.25, 0.3) is 0 Å². The predicted octanol–water partition coefficient (Wildman–Crippen LogP) is 3.51. The number of hydrogen-bond donors (Lipinski definition) is 0. The van der Waals surface area contributed by atoms with Gasteiger partial charge in [-0.15, -0.1) is 0 Å². The smallest absolute Gasteiger partial charge is 0.339 e. The molecule has 1 aliphatic rings. The molecule has 1 heterocycles. The van der Waals surface area contributed by atoms with E-state index in [0.717, 1.165) is 34.7 Å². The van der Waals surface area contributed by atoms with Crippen LogP contribution in [-0.2, 0) is 27.4 Å². The number of halogens is 3. The Morgan fingerprint density at radius 2 is 1.65 bits per heavy atom. The van der Waals surface area contributed by atoms with E-state index in [1.807, 2.05) is 30.3 Å². The van der Waals surface area contributed by atoms with Gasteiger partial charge in [0.15, 0.2) is 0 Å². The minimum absolute atomic E-state index is 0.0546. The minimum Gasteiger partial charge on any atom is -0.339 e. The molecule has 0 radical (unpaired) electrons. The van der Waals surface area contributed by atoms with Crippen molar-refractivity contribution in [3.8, 4) is 0 Å². The number of sulfonamides is 1. The SMILES string of the molecule is O=C(CSCCc1ccccc1)N1CCN(S(=O)(=O)c2cccc(C(F)(F)F)c2)CC1. The largest absolute Gasteiger partial charge is 0.416 e. The van der Waals surface area contributed by atoms with Crippen molar-refractivity contribution in [1.82, 2.24) is 9.21 Å². The fourth-order valence-corrected chi connectivity index (χ4v) is 5.60. The molecule has 1 amide bonds. The molecule has 0 spiro atoms. The summed E-state index contributed by atoms with van der Waals surface area (Å²) in [5, 5.41) is 0. The maximum atomic E-state index is 12.9. The van der Waals surface area contributed by atoms with E-state index in [-0.39, 0.29) is 32.1 Å². The third kappa shape index (κ3) is 6.24. The summed E-state index contributed by atoms with van der Waals surface area (Å²) < 4.78 is 65.3. The first kappa shape index (κ1) is 23.6. The predicted molar refractivity (Wildman–Crippen MR) is 114 cm³/mol. The fraction of sp³-hybridized carbons (Fsp3) is 0.381. The molecule has 0 aromatic heterocycles. The zero-order chi connectivity index (χ0) is 22.5. The summed E-state index contributed by atoms with van der Waals surface area (Å²) in [5.74, 6) is 1.06. The average Bonchev–Trinajstić information content (AvgIpc) is 2.77. The monoisotopic (exact) mass is 472 g/mol. The van der Waals surface area contributed by atoms with Gasteiger partial charge in [-0.2, -0.15) is 29.2 Å². The number of thioether (sulfide) groups is 1. The van der Waals surface area contributed by atoms with Crippen LogP contribution in [0, 0.1) is 0 Å². The second kappa shape index (κ2) is 10.1. The highest BCUT2D eigenvalue weighted by Crippen LogP contribution is 2.31. The number of aryl methyl sites for hydroxylation is 1. The highest BCUT2D eigenvalue weighted by atomic mass is 32.2. The molecule has 3 rings (SSSR count). The normalized spacial score (nSPS) is 15.8. The molecule has 2 aromatic carbocycles. The van der Waals surface area contributed by atoms with E-state index >= 15 is 0 Å². The van der Waals surface area contributed by atoms with Crippen molar-refractivity contribution in [2.24, 2.45) is 0 Å². The molecule has 0 aliphatic carbocycles. The van der Waals surface area contributed by atoms with Gasteiger partial charge >= 0.3 is 6.18 Å². The molecule has 2 aromatic rings. The van der Waals surface area contributed by atoms with Crippen LogP contribution in [0.1, 0.15) is 11.1 Å². The molecule has 31 heavy (non-hydrogen) atoms. The quantitative estimate of drug-likeness (QED) is 0.579. The lowest BCUT2D eigenvalue weighted by Crippen LogP contribution is -2.51. The van der Waals surface area contributed by atoms with Crippen molar-refractivity contribution < 1.29 is 26.4 Å². The Labute approximate surface area is 184 Å². The lowest BCUT2D eigenvalue weighted by molar-refractivity contribution is -0.137. The number of carbonyl (C=O) groups excluding carboxylic acids is 1. The van der Waals surface area contributed by atoms with Crippen molar-refractivity contribution in [2.45, 2.75) is 17.5 Å². The Balaban J connectivity index is 1.50. The van der Waals surface area contributed by atoms with Gasteiger partial charge in [-0.3, -0.25) is 4.79 Å². The third-order valence-electron chi connectivity index (χ3n) is 4.99. The first-order valence-corrected chi connectivity index (χ1v) is 12.3. The van der Waals surface area contributed by atoms with E-state index in [1.165, 1.54) is 17.3 Å². The van der Waals surface area contributed by atoms with Crippen molar-refractivity contribution in [3.63, 3.8) is 0 Å². The fourth-order valence-electron chi connectivity index (χ4n) is 3.25. The summed E-state index contributed by atoms with van der Waals surface area (Å²) in [6, 6.07) is 13.7. The van der Waals surface area contributed by atoms with Crippen LogP contribution in [-0.4, -0.2) is 61.2 Å². The van der Waals surface area contributed by atoms with E-state index in [1.54, 1.807) is 4.90 Å². The van der Waals surface area contributed by atoms with Crippen molar-refractivity contribution >= 4 is 27.7 Å². The van der Waals surface area contributed by atoms with Gasteiger partial charge in [-0.25, -0.2) is 8.42 Å². The number of carbonyl (C=O) groups is 1. The maximum absolute atomic E-state index is 12.9. The molecule has 0 unspecified atom stereocenters. The second-order valence-corrected chi connectivity index (χ2v) is 10.1. The van der Waals surface area contributed by atoms with Gasteiger partial charge in [0.1, 0.15) is 0 Å². The molecule has 1 saturated heterocycles. The number of piperazine rings is 1. The van der Waals surface area contributed by atoms with Crippen molar-refractivity contribution in [1.29, 1.82) is 0 Å². The van der Waals surface area contributed by atoms with E-state index in [2.05, 4.69) is 0 Å². The summed E-state index contributed by atoms with van der Waals surface area (Å²) in [6.07, 6.45) is -3.75. The third-order valence-corrected chi connectivity index (χ3v) is 7.83. The average molecular weight is 473 g/mol. The van der Waals surface area contributed by atoms with Crippen LogP contribution in [0.4, 0.5) is 13.2 Å². The zero-order valence-corrected chi connectivity index (χ0v) is 18.3. The molecular formula is C21H23F3N2O3S2. The molecule has 0 bridgehead atoms. The number of alkyl halides is 3. The molecule has 0 saturated carbocycles. The topological polar surface area (TPSA) is 57.7 Å². The lowest BCUT2D eigenvalue weighted by atomic mass is 10.2. The van der Waals surface area contributed by atoms with Crippen LogP contribution < -0.4 is 0 Å². The number of hydrogen-bond acceptors (Lipinski definition) is 4. The molecule has 10 heteroatoms. The second-order valence-electron chi connectivity index (χ2n) is 7.10. The van der Waals surface area contributed by atoms with E-state index in [9.17, 15) is 26.4 Å². The number of benzene rings is 2. The van der Waals surface area contributed by atoms with Crippen LogP contribution >= 0.6 is 11.8 Å². The Morgan fingerprint density at radius 3 is 2.29 bits per heavy atom. The van der Waals surface area contributed by atoms with E-state index in [4.69, 9.17) is 0 Å². The molecule has 1 fully saturated rings. The minimum atomic E-state index is -4.62. The number of amides is 1. The van der Waals surface area contributed by atoms with Crippen LogP contribution in [0.3, 0.4) is 0 Å². The summed E-state index contributed by atoms with van der Waals surface area (Å²) in [5.41, 5.74) is 0.200. The summed E-state index contributed by atoms with van der Waals surface area (Å²) >= 11 is 1.53. The maximum Gasteiger partial charge on any atom is 0.416 e. The van der Waals surface area contributed by atoms with Crippen LogP contribution in [0.25, 0.3) is 0 Å². The Bertz CT molecular complexity index is 990. The molecular weight excluding hydrogens is 449 g/mol. The zero-order valence-electron chi connectivity index (χ0n) is 16.7. The number of nitrogens with zero attached hydrogens (tertiary/aromatic N) is 2. The van der Waals surface area contributed by atoms with Gasteiger partial charge in [-0.05, 0) is 35.9 Å². The van der Waals surface area contributed by atoms with Gasteiger partial charge in [0.2, 0.25) is 15.9 Å². The van der Waals surface area contributed by atoms with Gasteiger partial charge in [0.05, 0.1) is 16.2 Å². The van der Waals surface area contributed by atoms with E-state index in [0.29, 0.717) is 11.8 Å². The van der Waals surface area contributed by atoms with Crippen molar-refractivity contribution in [2.75, 3.05) is 37.7 Å². The number of rotatable bonds is 7. The van der Waals surface area contributed by atoms with Crippen LogP contribution in [0.5, 0.6) is 0 Å². The molecule has 1 aliphatic heterocycles. The molecule has 0 N–H and O–H groups in total. The summed E-state index contributed by atoms with van der Waals surface area (Å²) in [7, 11) is -4.06. The Hall–Kier alpha value is -2.04. The van der Waals surface area contributed by atoms with Crippen LogP contribution in [0.2, 0.25) is 0 Å². The first-order chi connectivity index (χ1) is 14.7. The molecule has 5 nitrogen and oxygen atoms in total. The summed E-state index contributed by atoms with van der Waals surface area (Å²) in [4.78, 5) is 13.6. The van der Waals surface area contributed by atoms with Crippen LogP contribution in [0.15, 0.2) is 59.5 Å². The molecule has 0 atom stereocenters. The van der Waals surface area contributed by atoms with E-state index < -0.39 is 26.7 Å². The highest BCUT2D eigenvalue weighted by Gasteiger charge is 2.34. The van der Waals surface area contributed by atoms with Gasteiger partial charge in [-0.1, -0.05) is 36.4 Å². The van der Waals surface area contributed by atoms with Gasteiger partial charge in [0, 0.05) is 26.2 Å². The Kier molecular flexibility index (Phi) is 7.66. The molecule has 168 valence electrons. The van der Waals surface area contributed by atoms with Gasteiger partial charge < -0.3 is 4.90 Å². The summed E-state index contributed by atoms with van der Waals surface area (Å²) in [6.45, 7) is 0.546. The standard InChI is InChI=1S/C21H23F3N2O3S2/c22-21(23,24)18-7-4-8-19(15-18)31(28,29)26-12-10-25(11-13-26)20(27)16-30-14-9-17-5-2-1-3-6-17/h1-8,15H,9-14,16H2. The van der Waals surface area contributed by atoms with Crippen molar-refractivity contribution in [3.05, 3.63) is 65.7 Å². The highest BCUT2D eigenvalue weighted by molar-refractivity contribution is 7.99. The lowest BCUT2D eigenvalue weighted by Gasteiger charge is -2.34.